The van der Waals surface area contributed by atoms with Gasteiger partial charge in [-0.05, 0) is 12.8 Å². The predicted molar refractivity (Wildman–Crippen MR) is 42.5 cm³/mol. The van der Waals surface area contributed by atoms with E-state index in [1.54, 1.807) is 5.48 Å². The number of unbranched alkanes of at least 4 members (excludes halogenated alkanes) is 2. The minimum Gasteiger partial charge on any atom is -0.359 e. The third-order valence-electron chi connectivity index (χ3n) is 1.43. The summed E-state index contributed by atoms with van der Waals surface area (Å²) in [5, 5.41) is 10.6. The maximum absolute atomic E-state index is 10.5. The third-order valence-corrected chi connectivity index (χ3v) is 1.43. The van der Waals surface area contributed by atoms with Crippen molar-refractivity contribution in [2.45, 2.75) is 25.7 Å². The highest BCUT2D eigenvalue weighted by Crippen LogP contribution is 1.97. The number of rotatable bonds is 7. The van der Waals surface area contributed by atoms with Gasteiger partial charge in [0.1, 0.15) is 0 Å². The van der Waals surface area contributed by atoms with Gasteiger partial charge in [-0.25, -0.2) is 5.48 Å². The highest BCUT2D eigenvalue weighted by Gasteiger charge is 1.97. The Morgan fingerprint density at radius 1 is 1.33 bits per heavy atom. The van der Waals surface area contributed by atoms with E-state index < -0.39 is 0 Å². The molecular weight excluding hydrogens is 160 g/mol. The van der Waals surface area contributed by atoms with E-state index in [9.17, 15) is 9.59 Å². The third kappa shape index (κ3) is 7.01. The fourth-order valence-electron chi connectivity index (χ4n) is 0.804. The number of carbonyl (C=O) groups is 2. The molecule has 12 heavy (non-hydrogen) atoms. The molecule has 0 aliphatic rings. The van der Waals surface area contributed by atoms with Crippen molar-refractivity contribution in [1.82, 2.24) is 10.8 Å². The Hall–Kier alpha value is -1.10. The van der Waals surface area contributed by atoms with Crippen LogP contribution in [0.1, 0.15) is 25.7 Å². The van der Waals surface area contributed by atoms with Gasteiger partial charge in [0.15, 0.2) is 0 Å². The van der Waals surface area contributed by atoms with Gasteiger partial charge in [0.25, 0.3) is 0 Å². The maximum atomic E-state index is 10.5. The van der Waals surface area contributed by atoms with Crippen LogP contribution in [0.3, 0.4) is 0 Å². The molecule has 0 radical (unpaired) electrons. The first kappa shape index (κ1) is 10.9. The first-order valence-electron chi connectivity index (χ1n) is 3.91. The van der Waals surface area contributed by atoms with E-state index in [1.165, 1.54) is 0 Å². The van der Waals surface area contributed by atoms with Crippen molar-refractivity contribution in [3.05, 3.63) is 0 Å². The fraction of sp³-hybridized carbons (Fsp3) is 0.714. The standard InChI is InChI=1S/C7H14N2O3/c10-6-8-5-3-1-2-4-7(11)9-12/h6,12H,1-5H2,(H,8,10)(H,9,11). The molecule has 0 atom stereocenters. The van der Waals surface area contributed by atoms with E-state index in [2.05, 4.69) is 5.32 Å². The van der Waals surface area contributed by atoms with Crippen LogP contribution in [-0.2, 0) is 9.59 Å². The zero-order valence-corrected chi connectivity index (χ0v) is 6.88. The zero-order chi connectivity index (χ0) is 9.23. The molecule has 0 aliphatic heterocycles. The summed E-state index contributed by atoms with van der Waals surface area (Å²) in [6.45, 7) is 0.643. The molecule has 0 aromatic carbocycles. The Bertz CT molecular complexity index is 139. The number of hydrogen-bond acceptors (Lipinski definition) is 3. The van der Waals surface area contributed by atoms with Gasteiger partial charge in [-0.15, -0.1) is 0 Å². The summed E-state index contributed by atoms with van der Waals surface area (Å²) in [4.78, 5) is 20.3. The Labute approximate surface area is 71.1 Å². The molecular formula is C7H14N2O3. The van der Waals surface area contributed by atoms with Crippen LogP contribution in [0.5, 0.6) is 0 Å². The number of nitrogens with one attached hydrogen (secondary N) is 2. The lowest BCUT2D eigenvalue weighted by molar-refractivity contribution is -0.129. The molecule has 0 saturated carbocycles. The second-order valence-corrected chi connectivity index (χ2v) is 2.42. The fourth-order valence-corrected chi connectivity index (χ4v) is 0.804. The highest BCUT2D eigenvalue weighted by molar-refractivity contribution is 5.74. The van der Waals surface area contributed by atoms with Gasteiger partial charge in [-0.3, -0.25) is 14.8 Å². The van der Waals surface area contributed by atoms with Gasteiger partial charge in [0.2, 0.25) is 12.3 Å². The monoisotopic (exact) mass is 174 g/mol. The van der Waals surface area contributed by atoms with Crippen molar-refractivity contribution in [1.29, 1.82) is 0 Å². The molecule has 0 spiro atoms. The molecule has 5 nitrogen and oxygen atoms in total. The minimum absolute atomic E-state index is 0.331. The SMILES string of the molecule is O=CNCCCCCC(=O)NO. The van der Waals surface area contributed by atoms with Crippen LogP contribution in [0.15, 0.2) is 0 Å². The lowest BCUT2D eigenvalue weighted by Crippen LogP contribution is -2.18. The first-order chi connectivity index (χ1) is 5.81. The van der Waals surface area contributed by atoms with Crippen LogP contribution < -0.4 is 10.8 Å². The molecule has 0 aliphatic carbocycles. The minimum atomic E-state index is -0.363. The van der Waals surface area contributed by atoms with E-state index >= 15 is 0 Å². The molecule has 2 amide bonds. The van der Waals surface area contributed by atoms with Crippen LogP contribution >= 0.6 is 0 Å². The van der Waals surface area contributed by atoms with Gasteiger partial charge in [0.05, 0.1) is 0 Å². The molecule has 0 heterocycles. The molecule has 0 aromatic rings. The van der Waals surface area contributed by atoms with Gasteiger partial charge in [-0.1, -0.05) is 6.42 Å². The molecule has 0 aromatic heterocycles. The number of amides is 2. The van der Waals surface area contributed by atoms with Crippen LogP contribution in [0.25, 0.3) is 0 Å². The van der Waals surface area contributed by atoms with Gasteiger partial charge in [0, 0.05) is 13.0 Å². The summed E-state index contributed by atoms with van der Waals surface area (Å²) in [5.41, 5.74) is 1.56. The van der Waals surface area contributed by atoms with Gasteiger partial charge >= 0.3 is 0 Å². The molecule has 0 fully saturated rings. The lowest BCUT2D eigenvalue weighted by atomic mass is 10.2. The average Bonchev–Trinajstić information content (AvgIpc) is 2.10. The zero-order valence-electron chi connectivity index (χ0n) is 6.88. The van der Waals surface area contributed by atoms with Crippen LogP contribution in [0, 0.1) is 0 Å². The first-order valence-corrected chi connectivity index (χ1v) is 3.91. The van der Waals surface area contributed by atoms with Crippen LogP contribution in [0.2, 0.25) is 0 Å². The van der Waals surface area contributed by atoms with Gasteiger partial charge < -0.3 is 5.32 Å². The predicted octanol–water partition coefficient (Wildman–Crippen LogP) is -0.202. The van der Waals surface area contributed by atoms with E-state index in [0.717, 1.165) is 19.3 Å². The summed E-state index contributed by atoms with van der Waals surface area (Å²) < 4.78 is 0. The quantitative estimate of drug-likeness (QED) is 0.216. The molecule has 5 heteroatoms. The van der Waals surface area contributed by atoms with E-state index in [4.69, 9.17) is 5.21 Å². The summed E-state index contributed by atoms with van der Waals surface area (Å²) in [6.07, 6.45) is 3.44. The Morgan fingerprint density at radius 3 is 2.67 bits per heavy atom. The van der Waals surface area contributed by atoms with Crippen molar-refractivity contribution in [3.63, 3.8) is 0 Å². The molecule has 70 valence electrons. The highest BCUT2D eigenvalue weighted by atomic mass is 16.5. The Morgan fingerprint density at radius 2 is 2.08 bits per heavy atom. The van der Waals surface area contributed by atoms with Gasteiger partial charge in [-0.2, -0.15) is 0 Å². The maximum Gasteiger partial charge on any atom is 0.243 e. The summed E-state index contributed by atoms with van der Waals surface area (Å²) in [5.74, 6) is -0.363. The molecule has 0 bridgehead atoms. The molecule has 0 rings (SSSR count). The lowest BCUT2D eigenvalue weighted by Gasteiger charge is -1.99. The van der Waals surface area contributed by atoms with Crippen LogP contribution in [-0.4, -0.2) is 24.1 Å². The van der Waals surface area contributed by atoms with E-state index in [0.29, 0.717) is 19.4 Å². The van der Waals surface area contributed by atoms with Crippen molar-refractivity contribution in [2.24, 2.45) is 0 Å². The Kier molecular flexibility index (Phi) is 7.27. The topological polar surface area (TPSA) is 78.4 Å². The van der Waals surface area contributed by atoms with E-state index in [1.807, 2.05) is 0 Å². The van der Waals surface area contributed by atoms with Crippen LogP contribution in [0.4, 0.5) is 0 Å². The second kappa shape index (κ2) is 8.00. The second-order valence-electron chi connectivity index (χ2n) is 2.42. The summed E-state index contributed by atoms with van der Waals surface area (Å²) >= 11 is 0. The van der Waals surface area contributed by atoms with E-state index in [-0.39, 0.29) is 5.91 Å². The largest absolute Gasteiger partial charge is 0.359 e. The Balaban J connectivity index is 3.00. The number of carbonyl (C=O) groups excluding carboxylic acids is 2. The van der Waals surface area contributed by atoms with Crippen molar-refractivity contribution >= 4 is 12.3 Å². The number of hydrogen-bond donors (Lipinski definition) is 3. The molecule has 0 saturated heterocycles. The average molecular weight is 174 g/mol. The molecule has 0 unspecified atom stereocenters. The number of hydroxylamine groups is 1. The normalized spacial score (nSPS) is 9.08. The summed E-state index contributed by atoms with van der Waals surface area (Å²) in [6, 6.07) is 0. The van der Waals surface area contributed by atoms with Crippen molar-refractivity contribution in [3.8, 4) is 0 Å². The smallest absolute Gasteiger partial charge is 0.243 e. The molecule has 3 N–H and O–H groups in total. The summed E-state index contributed by atoms with van der Waals surface area (Å²) in [7, 11) is 0. The van der Waals surface area contributed by atoms with Crippen molar-refractivity contribution in [2.75, 3.05) is 6.54 Å². The van der Waals surface area contributed by atoms with Crippen molar-refractivity contribution < 1.29 is 14.8 Å².